The van der Waals surface area contributed by atoms with Crippen LogP contribution in [0.2, 0.25) is 0 Å². The molecule has 2 aromatic carbocycles. The van der Waals surface area contributed by atoms with Crippen LogP contribution in [0, 0.1) is 18.6 Å². The molecule has 3 N–H and O–H groups in total. The van der Waals surface area contributed by atoms with Gasteiger partial charge < -0.3 is 11.1 Å². The lowest BCUT2D eigenvalue weighted by Gasteiger charge is -2.09. The Kier molecular flexibility index (Phi) is 4.52. The first-order valence-corrected chi connectivity index (χ1v) is 6.56. The van der Waals surface area contributed by atoms with Crippen molar-refractivity contribution in [2.24, 2.45) is 0 Å². The molecule has 0 spiro atoms. The third kappa shape index (κ3) is 3.56. The monoisotopic (exact) mass is 290 g/mol. The van der Waals surface area contributed by atoms with Crippen molar-refractivity contribution in [2.75, 3.05) is 12.3 Å². The first kappa shape index (κ1) is 15.0. The Morgan fingerprint density at radius 1 is 1.19 bits per heavy atom. The average Bonchev–Trinajstić information content (AvgIpc) is 2.44. The Hall–Kier alpha value is -2.43. The number of hydrogen-bond acceptors (Lipinski definition) is 2. The second kappa shape index (κ2) is 6.35. The lowest BCUT2D eigenvalue weighted by atomic mass is 10.1. The van der Waals surface area contributed by atoms with Gasteiger partial charge in [0.05, 0.1) is 5.56 Å². The van der Waals surface area contributed by atoms with E-state index in [0.717, 1.165) is 23.3 Å². The summed E-state index contributed by atoms with van der Waals surface area (Å²) in [5.74, 6) is -2.67. The van der Waals surface area contributed by atoms with Crippen molar-refractivity contribution in [3.05, 3.63) is 64.7 Å². The summed E-state index contributed by atoms with van der Waals surface area (Å²) in [6.45, 7) is 2.38. The summed E-state index contributed by atoms with van der Waals surface area (Å²) in [5, 5.41) is 2.65. The predicted octanol–water partition coefficient (Wildman–Crippen LogP) is 2.83. The maximum absolute atomic E-state index is 13.1. The van der Waals surface area contributed by atoms with E-state index in [1.807, 2.05) is 31.2 Å². The Morgan fingerprint density at radius 2 is 1.86 bits per heavy atom. The van der Waals surface area contributed by atoms with Gasteiger partial charge in [0.2, 0.25) is 0 Å². The molecule has 3 nitrogen and oxygen atoms in total. The lowest BCUT2D eigenvalue weighted by molar-refractivity contribution is 0.0954. The van der Waals surface area contributed by atoms with E-state index >= 15 is 0 Å². The van der Waals surface area contributed by atoms with Crippen LogP contribution in [0.3, 0.4) is 0 Å². The van der Waals surface area contributed by atoms with Gasteiger partial charge in [0.15, 0.2) is 11.6 Å². The molecule has 0 aliphatic heterocycles. The van der Waals surface area contributed by atoms with Gasteiger partial charge in [0.25, 0.3) is 5.91 Å². The van der Waals surface area contributed by atoms with Gasteiger partial charge in [-0.25, -0.2) is 8.78 Å². The van der Waals surface area contributed by atoms with Crippen LogP contribution in [0.4, 0.5) is 14.5 Å². The van der Waals surface area contributed by atoms with E-state index in [0.29, 0.717) is 13.0 Å². The number of nitrogen functional groups attached to an aromatic ring is 1. The Bertz CT molecular complexity index is 671. The highest BCUT2D eigenvalue weighted by molar-refractivity contribution is 5.99. The molecule has 0 unspecified atom stereocenters. The fourth-order valence-corrected chi connectivity index (χ4v) is 2.06. The standard InChI is InChI=1S/C16H16F2N2O/c1-10-4-2-3-5-11(10)6-7-20-16(21)12-8-13(17)14(18)9-15(12)19/h2-5,8-9H,6-7,19H2,1H3,(H,20,21). The smallest absolute Gasteiger partial charge is 0.253 e. The Balaban J connectivity index is 2.00. The maximum Gasteiger partial charge on any atom is 0.253 e. The number of rotatable bonds is 4. The molecule has 2 aromatic rings. The van der Waals surface area contributed by atoms with Crippen molar-refractivity contribution in [3.63, 3.8) is 0 Å². The molecule has 0 aromatic heterocycles. The van der Waals surface area contributed by atoms with Crippen LogP contribution < -0.4 is 11.1 Å². The largest absolute Gasteiger partial charge is 0.398 e. The second-order valence-electron chi connectivity index (χ2n) is 4.79. The van der Waals surface area contributed by atoms with Crippen LogP contribution in [-0.2, 0) is 6.42 Å². The minimum atomic E-state index is -1.09. The highest BCUT2D eigenvalue weighted by Crippen LogP contribution is 2.17. The van der Waals surface area contributed by atoms with Crippen LogP contribution in [0.5, 0.6) is 0 Å². The van der Waals surface area contributed by atoms with Crippen molar-refractivity contribution in [1.29, 1.82) is 0 Å². The molecule has 1 amide bonds. The zero-order valence-corrected chi connectivity index (χ0v) is 11.6. The minimum absolute atomic E-state index is 0.0568. The molecule has 0 bridgehead atoms. The maximum atomic E-state index is 13.1. The number of aryl methyl sites for hydroxylation is 1. The van der Waals surface area contributed by atoms with Crippen LogP contribution >= 0.6 is 0 Å². The molecular formula is C16H16F2N2O. The van der Waals surface area contributed by atoms with E-state index in [1.54, 1.807) is 0 Å². The number of halogens is 2. The van der Waals surface area contributed by atoms with Gasteiger partial charge in [0, 0.05) is 18.3 Å². The van der Waals surface area contributed by atoms with Crippen LogP contribution in [0.1, 0.15) is 21.5 Å². The van der Waals surface area contributed by atoms with Crippen molar-refractivity contribution in [2.45, 2.75) is 13.3 Å². The molecule has 0 saturated carbocycles. The normalized spacial score (nSPS) is 10.4. The molecule has 21 heavy (non-hydrogen) atoms. The first-order valence-electron chi connectivity index (χ1n) is 6.56. The summed E-state index contributed by atoms with van der Waals surface area (Å²) in [4.78, 5) is 11.9. The van der Waals surface area contributed by atoms with Gasteiger partial charge in [-0.2, -0.15) is 0 Å². The highest BCUT2D eigenvalue weighted by atomic mass is 19.2. The Morgan fingerprint density at radius 3 is 2.57 bits per heavy atom. The van der Waals surface area contributed by atoms with E-state index in [4.69, 9.17) is 5.73 Å². The molecule has 0 fully saturated rings. The summed E-state index contributed by atoms with van der Waals surface area (Å²) >= 11 is 0. The van der Waals surface area contributed by atoms with Crippen molar-refractivity contribution in [3.8, 4) is 0 Å². The molecule has 0 aliphatic carbocycles. The number of anilines is 1. The average molecular weight is 290 g/mol. The second-order valence-corrected chi connectivity index (χ2v) is 4.79. The first-order chi connectivity index (χ1) is 9.99. The van der Waals surface area contributed by atoms with E-state index in [-0.39, 0.29) is 11.3 Å². The van der Waals surface area contributed by atoms with E-state index in [1.165, 1.54) is 0 Å². The van der Waals surface area contributed by atoms with Crippen LogP contribution in [-0.4, -0.2) is 12.5 Å². The van der Waals surface area contributed by atoms with Gasteiger partial charge in [-0.05, 0) is 30.5 Å². The predicted molar refractivity (Wildman–Crippen MR) is 78.0 cm³/mol. The van der Waals surface area contributed by atoms with E-state index in [2.05, 4.69) is 5.32 Å². The topological polar surface area (TPSA) is 55.1 Å². The third-order valence-corrected chi connectivity index (χ3v) is 3.28. The van der Waals surface area contributed by atoms with Crippen LogP contribution in [0.25, 0.3) is 0 Å². The van der Waals surface area contributed by atoms with Crippen molar-refractivity contribution < 1.29 is 13.6 Å². The summed E-state index contributed by atoms with van der Waals surface area (Å²) in [6.07, 6.45) is 0.655. The molecule has 0 atom stereocenters. The van der Waals surface area contributed by atoms with Gasteiger partial charge in [-0.3, -0.25) is 4.79 Å². The molecule has 110 valence electrons. The van der Waals surface area contributed by atoms with E-state index in [9.17, 15) is 13.6 Å². The SMILES string of the molecule is Cc1ccccc1CCNC(=O)c1cc(F)c(F)cc1N. The van der Waals surface area contributed by atoms with Gasteiger partial charge in [-0.15, -0.1) is 0 Å². The molecule has 0 heterocycles. The van der Waals surface area contributed by atoms with Crippen molar-refractivity contribution >= 4 is 11.6 Å². The summed E-state index contributed by atoms with van der Waals surface area (Å²) in [6, 6.07) is 9.47. The molecule has 0 radical (unpaired) electrons. The molecule has 0 saturated heterocycles. The van der Waals surface area contributed by atoms with Gasteiger partial charge >= 0.3 is 0 Å². The number of nitrogens with two attached hydrogens (primary N) is 1. The summed E-state index contributed by atoms with van der Waals surface area (Å²) in [7, 11) is 0. The Labute approximate surface area is 121 Å². The molecule has 2 rings (SSSR count). The summed E-state index contributed by atoms with van der Waals surface area (Å²) < 4.78 is 26.1. The van der Waals surface area contributed by atoms with Gasteiger partial charge in [0.1, 0.15) is 0 Å². The fourth-order valence-electron chi connectivity index (χ4n) is 2.06. The molecular weight excluding hydrogens is 274 g/mol. The highest BCUT2D eigenvalue weighted by Gasteiger charge is 2.14. The van der Waals surface area contributed by atoms with Crippen molar-refractivity contribution in [1.82, 2.24) is 5.32 Å². The molecule has 0 aliphatic rings. The fraction of sp³-hybridized carbons (Fsp3) is 0.188. The van der Waals surface area contributed by atoms with Crippen LogP contribution in [0.15, 0.2) is 36.4 Å². The van der Waals surface area contributed by atoms with E-state index < -0.39 is 17.5 Å². The summed E-state index contributed by atoms with van der Waals surface area (Å²) in [5.41, 5.74) is 7.65. The number of carbonyl (C=O) groups excluding carboxylic acids is 1. The van der Waals surface area contributed by atoms with Gasteiger partial charge in [-0.1, -0.05) is 24.3 Å². The number of benzene rings is 2. The lowest BCUT2D eigenvalue weighted by Crippen LogP contribution is -2.27. The third-order valence-electron chi connectivity index (χ3n) is 3.28. The zero-order chi connectivity index (χ0) is 15.4. The minimum Gasteiger partial charge on any atom is -0.398 e. The zero-order valence-electron chi connectivity index (χ0n) is 11.6. The number of carbonyl (C=O) groups is 1. The molecule has 5 heteroatoms. The number of hydrogen-bond donors (Lipinski definition) is 2. The number of amides is 1. The number of nitrogens with one attached hydrogen (secondary N) is 1. The quantitative estimate of drug-likeness (QED) is 0.851.